The van der Waals surface area contributed by atoms with Gasteiger partial charge in [-0.25, -0.2) is 15.0 Å². The van der Waals surface area contributed by atoms with Crippen molar-refractivity contribution in [2.24, 2.45) is 0 Å². The number of thiophene rings is 1. The zero-order chi connectivity index (χ0) is 33.5. The molecule has 0 amide bonds. The minimum atomic E-state index is 0.659. The molecule has 0 spiro atoms. The number of aromatic nitrogens is 4. The molecule has 0 radical (unpaired) electrons. The molecule has 6 heteroatoms. The van der Waals surface area contributed by atoms with Crippen LogP contribution in [0.4, 0.5) is 0 Å². The molecule has 10 aromatic rings. The molecular formula is C45H26N4OS. The van der Waals surface area contributed by atoms with Gasteiger partial charge in [0, 0.05) is 47.6 Å². The first kappa shape index (κ1) is 28.2. The van der Waals surface area contributed by atoms with E-state index in [0.717, 1.165) is 39.4 Å². The third kappa shape index (κ3) is 4.37. The summed E-state index contributed by atoms with van der Waals surface area (Å²) in [6.07, 6.45) is 0. The van der Waals surface area contributed by atoms with E-state index >= 15 is 0 Å². The molecule has 0 aliphatic carbocycles. The molecule has 4 heterocycles. The van der Waals surface area contributed by atoms with Crippen LogP contribution < -0.4 is 4.74 Å². The maximum atomic E-state index is 6.36. The largest absolute Gasteiger partial charge is 0.453 e. The fourth-order valence-electron chi connectivity index (χ4n) is 7.53. The Hall–Kier alpha value is -6.63. The third-order valence-corrected chi connectivity index (χ3v) is 11.0. The van der Waals surface area contributed by atoms with Gasteiger partial charge in [-0.2, -0.15) is 0 Å². The van der Waals surface area contributed by atoms with Gasteiger partial charge in [0.1, 0.15) is 0 Å². The highest BCUT2D eigenvalue weighted by atomic mass is 32.1. The minimum Gasteiger partial charge on any atom is -0.453 e. The first-order valence-corrected chi connectivity index (χ1v) is 17.8. The summed E-state index contributed by atoms with van der Waals surface area (Å²) in [5.41, 5.74) is 8.63. The van der Waals surface area contributed by atoms with Crippen molar-refractivity contribution < 1.29 is 4.74 Å². The van der Waals surface area contributed by atoms with E-state index in [1.54, 1.807) is 11.3 Å². The summed E-state index contributed by atoms with van der Waals surface area (Å²) >= 11 is 1.81. The highest BCUT2D eigenvalue weighted by Crippen LogP contribution is 2.47. The number of ether oxygens (including phenoxy) is 1. The summed E-state index contributed by atoms with van der Waals surface area (Å²) in [6.45, 7) is 0. The monoisotopic (exact) mass is 670 g/mol. The number of hydrogen-bond donors (Lipinski definition) is 0. The Labute approximate surface area is 296 Å². The molecule has 0 saturated carbocycles. The van der Waals surface area contributed by atoms with E-state index in [9.17, 15) is 0 Å². The molecule has 7 aromatic carbocycles. The van der Waals surface area contributed by atoms with E-state index in [-0.39, 0.29) is 0 Å². The van der Waals surface area contributed by atoms with Crippen LogP contribution in [0.2, 0.25) is 0 Å². The molecule has 0 saturated heterocycles. The van der Waals surface area contributed by atoms with Gasteiger partial charge in [0.05, 0.1) is 16.7 Å². The number of nitrogens with zero attached hydrogens (tertiary/aromatic N) is 4. The van der Waals surface area contributed by atoms with E-state index < -0.39 is 0 Å². The van der Waals surface area contributed by atoms with Crippen LogP contribution in [-0.2, 0) is 0 Å². The molecule has 5 nitrogen and oxygen atoms in total. The van der Waals surface area contributed by atoms with Gasteiger partial charge >= 0.3 is 0 Å². The molecule has 11 rings (SSSR count). The van der Waals surface area contributed by atoms with Crippen LogP contribution in [0.5, 0.6) is 11.5 Å². The van der Waals surface area contributed by atoms with Crippen molar-refractivity contribution in [1.29, 1.82) is 0 Å². The van der Waals surface area contributed by atoms with Gasteiger partial charge in [-0.05, 0) is 53.6 Å². The molecule has 51 heavy (non-hydrogen) atoms. The maximum absolute atomic E-state index is 6.36. The van der Waals surface area contributed by atoms with Gasteiger partial charge in [0.25, 0.3) is 0 Å². The van der Waals surface area contributed by atoms with Crippen LogP contribution in [-0.4, -0.2) is 19.5 Å². The third-order valence-electron chi connectivity index (χ3n) is 9.84. The van der Waals surface area contributed by atoms with Crippen LogP contribution in [0.3, 0.4) is 0 Å². The minimum absolute atomic E-state index is 0.659. The molecule has 1 aliphatic rings. The van der Waals surface area contributed by atoms with Gasteiger partial charge < -0.3 is 9.30 Å². The second-order valence-electron chi connectivity index (χ2n) is 12.8. The van der Waals surface area contributed by atoms with Gasteiger partial charge in [0.2, 0.25) is 0 Å². The molecule has 0 unspecified atom stereocenters. The fraction of sp³-hybridized carbons (Fsp3) is 0. The van der Waals surface area contributed by atoms with Crippen molar-refractivity contribution >= 4 is 53.3 Å². The Morgan fingerprint density at radius 1 is 0.451 bits per heavy atom. The van der Waals surface area contributed by atoms with Gasteiger partial charge in [-0.1, -0.05) is 115 Å². The quantitative estimate of drug-likeness (QED) is 0.187. The standard InChI is InChI=1S/C45H26N4OS/c1-3-11-27(12-4-1)43-46-44(28-13-5-2-6-14-28)48-45(47-43)30-21-23-33-40(26-30)51-39-20-10-15-31(41(33)39)29-22-24-35-34(25-29)32-16-9-19-38-42(32)49(35)36-17-7-8-18-37(36)50-38/h1-26H. The van der Waals surface area contributed by atoms with Crippen LogP contribution in [0.1, 0.15) is 0 Å². The van der Waals surface area contributed by atoms with E-state index in [1.807, 2.05) is 72.8 Å². The molecular weight excluding hydrogens is 645 g/mol. The number of hydrogen-bond acceptors (Lipinski definition) is 5. The molecule has 0 atom stereocenters. The van der Waals surface area contributed by atoms with E-state index in [1.165, 1.54) is 47.6 Å². The SMILES string of the molecule is c1ccc(-c2nc(-c3ccccc3)nc(-c3ccc4c(c3)sc3cccc(-c5ccc6c(c5)c5cccc7c5n6-c5ccccc5O7)c34)n2)cc1. The van der Waals surface area contributed by atoms with Crippen LogP contribution in [0, 0.1) is 0 Å². The lowest BCUT2D eigenvalue weighted by molar-refractivity contribution is 0.476. The fourth-order valence-corrected chi connectivity index (χ4v) is 8.70. The van der Waals surface area contributed by atoms with E-state index in [0.29, 0.717) is 17.5 Å². The Morgan fingerprint density at radius 3 is 1.90 bits per heavy atom. The van der Waals surface area contributed by atoms with E-state index in [2.05, 4.69) is 89.5 Å². The predicted molar refractivity (Wildman–Crippen MR) is 209 cm³/mol. The predicted octanol–water partition coefficient (Wildman–Crippen LogP) is 12.1. The lowest BCUT2D eigenvalue weighted by atomic mass is 9.97. The summed E-state index contributed by atoms with van der Waals surface area (Å²) in [6, 6.07) is 55.0. The van der Waals surface area contributed by atoms with Crippen LogP contribution >= 0.6 is 11.3 Å². The summed E-state index contributed by atoms with van der Waals surface area (Å²) in [4.78, 5) is 14.8. The van der Waals surface area contributed by atoms with Crippen molar-refractivity contribution in [2.45, 2.75) is 0 Å². The van der Waals surface area contributed by atoms with Crippen LogP contribution in [0.25, 0.3) is 93.0 Å². The average molecular weight is 671 g/mol. The van der Waals surface area contributed by atoms with Crippen molar-refractivity contribution in [2.75, 3.05) is 0 Å². The van der Waals surface area contributed by atoms with Gasteiger partial charge in [-0.15, -0.1) is 11.3 Å². The smallest absolute Gasteiger partial charge is 0.164 e. The second-order valence-corrected chi connectivity index (χ2v) is 13.9. The zero-order valence-electron chi connectivity index (χ0n) is 27.1. The molecule has 1 aliphatic heterocycles. The number of benzene rings is 7. The summed E-state index contributed by atoms with van der Waals surface area (Å²) < 4.78 is 11.1. The Bertz CT molecular complexity index is 2940. The van der Waals surface area contributed by atoms with Gasteiger partial charge in [0.15, 0.2) is 29.0 Å². The summed E-state index contributed by atoms with van der Waals surface area (Å²) in [5, 5.41) is 4.88. The lowest BCUT2D eigenvalue weighted by Crippen LogP contribution is -2.03. The van der Waals surface area contributed by atoms with Crippen molar-refractivity contribution in [3.05, 3.63) is 158 Å². The van der Waals surface area contributed by atoms with Crippen molar-refractivity contribution in [1.82, 2.24) is 19.5 Å². The number of rotatable bonds is 4. The summed E-state index contributed by atoms with van der Waals surface area (Å²) in [7, 11) is 0. The molecule has 238 valence electrons. The lowest BCUT2D eigenvalue weighted by Gasteiger charge is -2.20. The first-order valence-electron chi connectivity index (χ1n) is 16.9. The molecule has 0 bridgehead atoms. The normalized spacial score (nSPS) is 12.1. The zero-order valence-corrected chi connectivity index (χ0v) is 27.9. The Morgan fingerprint density at radius 2 is 1.12 bits per heavy atom. The average Bonchev–Trinajstić information content (AvgIpc) is 3.75. The Kier molecular flexibility index (Phi) is 6.05. The van der Waals surface area contributed by atoms with Crippen LogP contribution in [0.15, 0.2) is 158 Å². The van der Waals surface area contributed by atoms with Crippen molar-refractivity contribution in [3.8, 4) is 62.5 Å². The molecule has 0 fully saturated rings. The number of para-hydroxylation sites is 3. The first-order chi connectivity index (χ1) is 25.3. The van der Waals surface area contributed by atoms with Gasteiger partial charge in [-0.3, -0.25) is 0 Å². The molecule has 0 N–H and O–H groups in total. The highest BCUT2D eigenvalue weighted by Gasteiger charge is 2.24. The number of fused-ring (bicyclic) bond motifs is 8. The highest BCUT2D eigenvalue weighted by molar-refractivity contribution is 7.26. The second kappa shape index (κ2) is 10.9. The van der Waals surface area contributed by atoms with E-state index in [4.69, 9.17) is 19.7 Å². The molecule has 3 aromatic heterocycles. The Balaban J connectivity index is 1.07. The van der Waals surface area contributed by atoms with Crippen molar-refractivity contribution in [3.63, 3.8) is 0 Å². The summed E-state index contributed by atoms with van der Waals surface area (Å²) in [5.74, 6) is 3.74. The maximum Gasteiger partial charge on any atom is 0.164 e. The topological polar surface area (TPSA) is 52.8 Å².